The summed E-state index contributed by atoms with van der Waals surface area (Å²) in [6.45, 7) is 1.97. The number of rotatable bonds is 2. The van der Waals surface area contributed by atoms with Crippen LogP contribution in [0.3, 0.4) is 0 Å². The molecule has 2 aromatic heterocycles. The van der Waals surface area contributed by atoms with Gasteiger partial charge in [-0.3, -0.25) is 9.20 Å². The number of pyridine rings is 1. The Bertz CT molecular complexity index is 533. The molecule has 0 aliphatic heterocycles. The molecule has 0 bridgehead atoms. The van der Waals surface area contributed by atoms with Crippen LogP contribution >= 0.6 is 15.9 Å². The molecule has 78 valence electrons. The van der Waals surface area contributed by atoms with E-state index in [0.717, 1.165) is 11.2 Å². The first-order valence-corrected chi connectivity index (χ1v) is 5.22. The summed E-state index contributed by atoms with van der Waals surface area (Å²) in [6.07, 6.45) is 1.80. The van der Waals surface area contributed by atoms with Crippen LogP contribution in [-0.4, -0.2) is 20.5 Å². The van der Waals surface area contributed by atoms with Gasteiger partial charge < -0.3 is 5.11 Å². The second kappa shape index (κ2) is 3.66. The average Bonchev–Trinajstić information content (AvgIpc) is 2.42. The molecule has 15 heavy (non-hydrogen) atoms. The molecular weight excluding hydrogens is 260 g/mol. The maximum Gasteiger partial charge on any atom is 0.309 e. The number of carboxylic acid groups (broad SMARTS) is 1. The third-order valence-electron chi connectivity index (χ3n) is 2.11. The number of halogens is 1. The summed E-state index contributed by atoms with van der Waals surface area (Å²) >= 11 is 3.34. The molecule has 0 saturated carbocycles. The van der Waals surface area contributed by atoms with Crippen molar-refractivity contribution in [3.8, 4) is 0 Å². The van der Waals surface area contributed by atoms with Crippen molar-refractivity contribution in [2.45, 2.75) is 13.3 Å². The Morgan fingerprint density at radius 1 is 1.67 bits per heavy atom. The Morgan fingerprint density at radius 3 is 3.07 bits per heavy atom. The molecule has 0 aliphatic carbocycles. The number of aromatic nitrogens is 2. The number of fused-ring (bicyclic) bond motifs is 1. The summed E-state index contributed by atoms with van der Waals surface area (Å²) in [5.41, 5.74) is 2.41. The van der Waals surface area contributed by atoms with Gasteiger partial charge in [0.25, 0.3) is 0 Å². The number of imidazole rings is 1. The maximum absolute atomic E-state index is 10.6. The Hall–Kier alpha value is -1.36. The van der Waals surface area contributed by atoms with Crippen molar-refractivity contribution < 1.29 is 9.90 Å². The lowest BCUT2D eigenvalue weighted by Crippen LogP contribution is -2.00. The number of nitrogens with zero attached hydrogens (tertiary/aromatic N) is 2. The summed E-state index contributed by atoms with van der Waals surface area (Å²) in [4.78, 5) is 14.8. The van der Waals surface area contributed by atoms with Crippen LogP contribution in [-0.2, 0) is 11.2 Å². The topological polar surface area (TPSA) is 54.6 Å². The summed E-state index contributed by atoms with van der Waals surface area (Å²) in [5, 5.41) is 8.70. The monoisotopic (exact) mass is 268 g/mol. The first-order chi connectivity index (χ1) is 7.08. The van der Waals surface area contributed by atoms with E-state index < -0.39 is 5.97 Å². The fourth-order valence-corrected chi connectivity index (χ4v) is 1.95. The number of aryl methyl sites for hydroxylation is 1. The molecule has 0 amide bonds. The minimum absolute atomic E-state index is 0.0681. The van der Waals surface area contributed by atoms with E-state index in [-0.39, 0.29) is 6.42 Å². The molecule has 2 heterocycles. The lowest BCUT2D eigenvalue weighted by atomic mass is 10.3. The molecular formula is C10H9BrN2O2. The van der Waals surface area contributed by atoms with Crippen molar-refractivity contribution in [3.63, 3.8) is 0 Å². The summed E-state index contributed by atoms with van der Waals surface area (Å²) in [6, 6.07) is 3.86. The highest BCUT2D eigenvalue weighted by Gasteiger charge is 2.12. The average molecular weight is 269 g/mol. The minimum Gasteiger partial charge on any atom is -0.481 e. The summed E-state index contributed by atoms with van der Waals surface area (Å²) in [7, 11) is 0. The maximum atomic E-state index is 10.6. The molecule has 0 fully saturated rings. The van der Waals surface area contributed by atoms with Crippen molar-refractivity contribution in [2.24, 2.45) is 0 Å². The van der Waals surface area contributed by atoms with Gasteiger partial charge in [0.1, 0.15) is 10.3 Å². The van der Waals surface area contributed by atoms with E-state index in [1.807, 2.05) is 29.7 Å². The lowest BCUT2D eigenvalue weighted by molar-refractivity contribution is -0.136. The van der Waals surface area contributed by atoms with Crippen LogP contribution in [0.15, 0.2) is 22.9 Å². The highest BCUT2D eigenvalue weighted by atomic mass is 79.9. The molecule has 5 heteroatoms. The summed E-state index contributed by atoms with van der Waals surface area (Å²) < 4.78 is 2.53. The highest BCUT2D eigenvalue weighted by molar-refractivity contribution is 9.10. The van der Waals surface area contributed by atoms with E-state index in [4.69, 9.17) is 5.11 Å². The Balaban J connectivity index is 2.58. The van der Waals surface area contributed by atoms with Crippen LogP contribution in [0, 0.1) is 6.92 Å². The van der Waals surface area contributed by atoms with Gasteiger partial charge in [-0.25, -0.2) is 4.98 Å². The zero-order valence-electron chi connectivity index (χ0n) is 8.07. The van der Waals surface area contributed by atoms with Gasteiger partial charge in [-0.05, 0) is 40.5 Å². The number of carboxylic acids is 1. The molecule has 0 spiro atoms. The van der Waals surface area contributed by atoms with Gasteiger partial charge in [0.05, 0.1) is 12.1 Å². The number of hydrogen-bond donors (Lipinski definition) is 1. The Labute approximate surface area is 94.7 Å². The van der Waals surface area contributed by atoms with E-state index >= 15 is 0 Å². The number of carbonyl (C=O) groups is 1. The van der Waals surface area contributed by atoms with E-state index in [1.54, 1.807) is 0 Å². The third-order valence-corrected chi connectivity index (χ3v) is 2.95. The van der Waals surface area contributed by atoms with Gasteiger partial charge in [0, 0.05) is 6.20 Å². The molecule has 0 aliphatic rings. The highest BCUT2D eigenvalue weighted by Crippen LogP contribution is 2.20. The molecule has 2 aromatic rings. The Morgan fingerprint density at radius 2 is 2.40 bits per heavy atom. The van der Waals surface area contributed by atoms with Crippen molar-refractivity contribution in [1.29, 1.82) is 0 Å². The fourth-order valence-electron chi connectivity index (χ4n) is 1.42. The standard InChI is InChI=1S/C10H9BrN2O2/c1-6-2-3-13-8(4-6)12-7(10(13)11)5-9(14)15/h2-4H,5H2,1H3,(H,14,15). The molecule has 0 unspecified atom stereocenters. The van der Waals surface area contributed by atoms with Crippen molar-refractivity contribution in [3.05, 3.63) is 34.2 Å². The SMILES string of the molecule is Cc1ccn2c(Br)c(CC(=O)O)nc2c1. The van der Waals surface area contributed by atoms with Gasteiger partial charge in [0.15, 0.2) is 0 Å². The quantitative estimate of drug-likeness (QED) is 0.907. The first kappa shape index (κ1) is 10.2. The molecule has 0 atom stereocenters. The molecule has 0 radical (unpaired) electrons. The third kappa shape index (κ3) is 1.87. The largest absolute Gasteiger partial charge is 0.481 e. The van der Waals surface area contributed by atoms with Gasteiger partial charge in [0.2, 0.25) is 0 Å². The molecule has 2 rings (SSSR count). The number of hydrogen-bond acceptors (Lipinski definition) is 2. The van der Waals surface area contributed by atoms with E-state index in [9.17, 15) is 4.79 Å². The van der Waals surface area contributed by atoms with Crippen LogP contribution in [0.1, 0.15) is 11.3 Å². The van der Waals surface area contributed by atoms with E-state index in [1.165, 1.54) is 0 Å². The van der Waals surface area contributed by atoms with Gasteiger partial charge in [-0.2, -0.15) is 0 Å². The van der Waals surface area contributed by atoms with E-state index in [2.05, 4.69) is 20.9 Å². The van der Waals surface area contributed by atoms with Crippen LogP contribution in [0.2, 0.25) is 0 Å². The van der Waals surface area contributed by atoms with Crippen LogP contribution in [0.25, 0.3) is 5.65 Å². The molecule has 1 N–H and O–H groups in total. The van der Waals surface area contributed by atoms with Gasteiger partial charge in [-0.1, -0.05) is 0 Å². The van der Waals surface area contributed by atoms with E-state index in [0.29, 0.717) is 10.3 Å². The molecule has 4 nitrogen and oxygen atoms in total. The second-order valence-corrected chi connectivity index (χ2v) is 4.10. The van der Waals surface area contributed by atoms with Crippen molar-refractivity contribution >= 4 is 27.5 Å². The predicted molar refractivity (Wildman–Crippen MR) is 59.0 cm³/mol. The molecule has 0 aromatic carbocycles. The normalized spacial score (nSPS) is 10.8. The molecule has 0 saturated heterocycles. The first-order valence-electron chi connectivity index (χ1n) is 4.43. The fraction of sp³-hybridized carbons (Fsp3) is 0.200. The lowest BCUT2D eigenvalue weighted by Gasteiger charge is -1.95. The zero-order chi connectivity index (χ0) is 11.0. The van der Waals surface area contributed by atoms with Crippen LogP contribution < -0.4 is 0 Å². The minimum atomic E-state index is -0.879. The van der Waals surface area contributed by atoms with Crippen molar-refractivity contribution in [1.82, 2.24) is 9.38 Å². The predicted octanol–water partition coefficient (Wildman–Crippen LogP) is 2.03. The smallest absolute Gasteiger partial charge is 0.309 e. The van der Waals surface area contributed by atoms with Gasteiger partial charge >= 0.3 is 5.97 Å². The Kier molecular flexibility index (Phi) is 2.48. The van der Waals surface area contributed by atoms with Crippen LogP contribution in [0.4, 0.5) is 0 Å². The second-order valence-electron chi connectivity index (χ2n) is 3.35. The van der Waals surface area contributed by atoms with Gasteiger partial charge in [-0.15, -0.1) is 0 Å². The zero-order valence-corrected chi connectivity index (χ0v) is 9.65. The van der Waals surface area contributed by atoms with Crippen molar-refractivity contribution in [2.75, 3.05) is 0 Å². The number of aliphatic carboxylic acids is 1. The van der Waals surface area contributed by atoms with Crippen LogP contribution in [0.5, 0.6) is 0 Å². The summed E-state index contributed by atoms with van der Waals surface area (Å²) in [5.74, 6) is -0.879.